The third-order valence-corrected chi connectivity index (χ3v) is 12.7. The third kappa shape index (κ3) is 7.51. The lowest BCUT2D eigenvalue weighted by Gasteiger charge is -2.10. The van der Waals surface area contributed by atoms with E-state index in [4.69, 9.17) is 34.7 Å². The number of pyridine rings is 2. The first kappa shape index (κ1) is 38.1. The number of halogens is 2. The fourth-order valence-corrected chi connectivity index (χ4v) is 9.47. The van der Waals surface area contributed by atoms with Crippen LogP contribution in [-0.2, 0) is 12.8 Å². The summed E-state index contributed by atoms with van der Waals surface area (Å²) in [6.45, 7) is 1.42. The van der Waals surface area contributed by atoms with Crippen LogP contribution in [0.4, 0.5) is 0 Å². The van der Waals surface area contributed by atoms with Crippen LogP contribution < -0.4 is 11.5 Å². The number of hydrogen-bond donors (Lipinski definition) is 2. The number of fused-ring (bicyclic) bond motifs is 6. The maximum atomic E-state index is 6.57. The molecule has 6 heterocycles. The van der Waals surface area contributed by atoms with Crippen molar-refractivity contribution in [1.29, 1.82) is 0 Å². The van der Waals surface area contributed by atoms with Gasteiger partial charge in [-0.2, -0.15) is 0 Å². The van der Waals surface area contributed by atoms with E-state index in [-0.39, 0.29) is 0 Å². The standard InChI is InChI=1S/2C23H19ClN4S/c2*24-19-12-20-18(11-17(19)22-4-2-10-29-22)23-21(13-26-20)27-14-28(23)16-7-5-15(6-8-16)3-1-9-25/h2*2,4-8,10-14H,1,3,9,25H2. The highest BCUT2D eigenvalue weighted by Crippen LogP contribution is 2.38. The van der Waals surface area contributed by atoms with Crippen LogP contribution in [0, 0.1) is 0 Å². The highest BCUT2D eigenvalue weighted by atomic mass is 35.5. The van der Waals surface area contributed by atoms with Gasteiger partial charge in [0, 0.05) is 43.0 Å². The monoisotopic (exact) mass is 836 g/mol. The summed E-state index contributed by atoms with van der Waals surface area (Å²) in [5.41, 5.74) is 23.6. The Kier molecular flexibility index (Phi) is 11.0. The first-order chi connectivity index (χ1) is 28.5. The molecule has 10 aromatic rings. The van der Waals surface area contributed by atoms with Crippen molar-refractivity contribution in [3.05, 3.63) is 154 Å². The minimum atomic E-state index is 0.710. The number of aromatic nitrogens is 6. The van der Waals surface area contributed by atoms with E-state index in [0.29, 0.717) is 23.1 Å². The van der Waals surface area contributed by atoms with E-state index >= 15 is 0 Å². The summed E-state index contributed by atoms with van der Waals surface area (Å²) in [4.78, 5) is 20.6. The zero-order chi connectivity index (χ0) is 39.6. The molecule has 0 bridgehead atoms. The molecule has 6 aromatic heterocycles. The zero-order valence-corrected chi connectivity index (χ0v) is 34.5. The molecule has 10 rings (SSSR count). The number of rotatable bonds is 10. The van der Waals surface area contributed by atoms with Crippen molar-refractivity contribution < 1.29 is 0 Å². The molecule has 0 aliphatic carbocycles. The van der Waals surface area contributed by atoms with Gasteiger partial charge < -0.3 is 11.5 Å². The van der Waals surface area contributed by atoms with Crippen LogP contribution in [0.2, 0.25) is 10.0 Å². The molecule has 4 N–H and O–H groups in total. The van der Waals surface area contributed by atoms with Crippen molar-refractivity contribution in [2.45, 2.75) is 25.7 Å². The molecule has 0 aliphatic heterocycles. The Labute approximate surface area is 353 Å². The number of imidazole rings is 2. The van der Waals surface area contributed by atoms with Crippen LogP contribution in [0.1, 0.15) is 24.0 Å². The predicted molar refractivity (Wildman–Crippen MR) is 244 cm³/mol. The van der Waals surface area contributed by atoms with Crippen molar-refractivity contribution >= 4 is 89.7 Å². The molecule has 0 spiro atoms. The largest absolute Gasteiger partial charge is 0.330 e. The molecular formula is C46H38Cl2N8S2. The fraction of sp³-hybridized carbons (Fsp3) is 0.130. The summed E-state index contributed by atoms with van der Waals surface area (Å²) in [7, 11) is 0. The second-order valence-electron chi connectivity index (χ2n) is 14.0. The van der Waals surface area contributed by atoms with Gasteiger partial charge in [0.1, 0.15) is 23.7 Å². The third-order valence-electron chi connectivity index (χ3n) is 10.3. The molecule has 0 atom stereocenters. The smallest absolute Gasteiger partial charge is 0.108 e. The summed E-state index contributed by atoms with van der Waals surface area (Å²) in [5, 5.41) is 7.63. The molecule has 288 valence electrons. The van der Waals surface area contributed by atoms with Crippen LogP contribution in [0.3, 0.4) is 0 Å². The maximum absolute atomic E-state index is 6.57. The summed E-state index contributed by atoms with van der Waals surface area (Å²) < 4.78 is 4.25. The number of hydrogen-bond acceptors (Lipinski definition) is 8. The highest BCUT2D eigenvalue weighted by molar-refractivity contribution is 7.14. The van der Waals surface area contributed by atoms with E-state index in [1.54, 1.807) is 22.7 Å². The quantitative estimate of drug-likeness (QED) is 0.142. The van der Waals surface area contributed by atoms with E-state index in [0.717, 1.165) is 102 Å². The summed E-state index contributed by atoms with van der Waals surface area (Å²) >= 11 is 16.5. The van der Waals surface area contributed by atoms with E-state index in [9.17, 15) is 0 Å². The average molecular weight is 838 g/mol. The SMILES string of the molecule is NCCCc1ccc(-n2cnc3cnc4cc(Cl)c(-c5cccs5)cc4c32)cc1.NCCCc1ccc(-n2cnc3cnc4cc(Cl)c(-c5cccs5)cc4c32)cc1. The van der Waals surface area contributed by atoms with Gasteiger partial charge in [-0.3, -0.25) is 19.1 Å². The molecule has 0 fully saturated rings. The maximum Gasteiger partial charge on any atom is 0.108 e. The Hall–Kier alpha value is -5.46. The van der Waals surface area contributed by atoms with Crippen LogP contribution >= 0.6 is 45.9 Å². The molecule has 0 amide bonds. The van der Waals surface area contributed by atoms with Crippen molar-refractivity contribution in [3.8, 4) is 32.3 Å². The van der Waals surface area contributed by atoms with Crippen LogP contribution in [0.15, 0.2) is 133 Å². The summed E-state index contributed by atoms with van der Waals surface area (Å²) in [6, 6.07) is 33.6. The topological polar surface area (TPSA) is 113 Å². The minimum Gasteiger partial charge on any atom is -0.330 e. The molecular weight excluding hydrogens is 800 g/mol. The molecule has 0 aliphatic rings. The molecule has 0 saturated heterocycles. The molecule has 0 saturated carbocycles. The van der Waals surface area contributed by atoms with Gasteiger partial charge in [-0.1, -0.05) is 59.6 Å². The summed E-state index contributed by atoms with van der Waals surface area (Å²) in [5.74, 6) is 0. The van der Waals surface area contributed by atoms with E-state index in [2.05, 4.69) is 113 Å². The first-order valence-electron chi connectivity index (χ1n) is 19.1. The van der Waals surface area contributed by atoms with Crippen molar-refractivity contribution in [1.82, 2.24) is 29.1 Å². The number of benzene rings is 4. The Morgan fingerprint density at radius 3 is 1.33 bits per heavy atom. The Bertz CT molecular complexity index is 2790. The predicted octanol–water partition coefficient (Wildman–Crippen LogP) is 11.7. The summed E-state index contributed by atoms with van der Waals surface area (Å²) in [6.07, 6.45) is 11.3. The van der Waals surface area contributed by atoms with E-state index in [1.807, 2.05) is 49.3 Å². The van der Waals surface area contributed by atoms with Gasteiger partial charge in [0.2, 0.25) is 0 Å². The van der Waals surface area contributed by atoms with Crippen LogP contribution in [-0.4, -0.2) is 42.2 Å². The number of aryl methyl sites for hydroxylation is 2. The van der Waals surface area contributed by atoms with E-state index < -0.39 is 0 Å². The second kappa shape index (κ2) is 16.8. The van der Waals surface area contributed by atoms with Crippen LogP contribution in [0.5, 0.6) is 0 Å². The van der Waals surface area contributed by atoms with Crippen LogP contribution in [0.25, 0.3) is 76.1 Å². The molecule has 0 unspecified atom stereocenters. The lowest BCUT2D eigenvalue weighted by Crippen LogP contribution is -2.00. The van der Waals surface area contributed by atoms with E-state index in [1.165, 1.54) is 11.1 Å². The lowest BCUT2D eigenvalue weighted by atomic mass is 10.1. The van der Waals surface area contributed by atoms with Gasteiger partial charge in [0.15, 0.2) is 0 Å². The minimum absolute atomic E-state index is 0.710. The molecule has 12 heteroatoms. The zero-order valence-electron chi connectivity index (χ0n) is 31.4. The number of thiophene rings is 2. The normalized spacial score (nSPS) is 11.5. The Morgan fingerprint density at radius 1 is 0.517 bits per heavy atom. The lowest BCUT2D eigenvalue weighted by molar-refractivity contribution is 0.832. The van der Waals surface area contributed by atoms with Gasteiger partial charge in [-0.15, -0.1) is 22.7 Å². The highest BCUT2D eigenvalue weighted by Gasteiger charge is 2.16. The fourth-order valence-electron chi connectivity index (χ4n) is 7.32. The van der Waals surface area contributed by atoms with Crippen molar-refractivity contribution in [3.63, 3.8) is 0 Å². The van der Waals surface area contributed by atoms with Gasteiger partial charge in [-0.25, -0.2) is 9.97 Å². The Balaban J connectivity index is 0.000000150. The average Bonchev–Trinajstić information content (AvgIpc) is 4.10. The number of nitrogens with two attached hydrogens (primary N) is 2. The van der Waals surface area contributed by atoms with Crippen molar-refractivity contribution in [2.75, 3.05) is 13.1 Å². The van der Waals surface area contributed by atoms with Gasteiger partial charge >= 0.3 is 0 Å². The van der Waals surface area contributed by atoms with Gasteiger partial charge in [-0.05, 0) is 121 Å². The molecule has 0 radical (unpaired) electrons. The van der Waals surface area contributed by atoms with Gasteiger partial charge in [0.25, 0.3) is 0 Å². The molecule has 4 aromatic carbocycles. The van der Waals surface area contributed by atoms with Crippen molar-refractivity contribution in [2.24, 2.45) is 11.5 Å². The Morgan fingerprint density at radius 2 is 0.948 bits per heavy atom. The molecule has 8 nitrogen and oxygen atoms in total. The first-order valence-corrected chi connectivity index (χ1v) is 21.6. The molecule has 58 heavy (non-hydrogen) atoms. The number of nitrogens with zero attached hydrogens (tertiary/aromatic N) is 6. The van der Waals surface area contributed by atoms with Gasteiger partial charge in [0.05, 0.1) is 44.5 Å². The second-order valence-corrected chi connectivity index (χ2v) is 16.7.